The first kappa shape index (κ1) is 9.60. The molecule has 0 aliphatic rings. The molecule has 1 aromatic rings. The van der Waals surface area contributed by atoms with Gasteiger partial charge < -0.3 is 0 Å². The predicted molar refractivity (Wildman–Crippen MR) is 48.1 cm³/mol. The van der Waals surface area contributed by atoms with Crippen molar-refractivity contribution in [2.45, 2.75) is 13.3 Å². The first-order valence-electron chi connectivity index (χ1n) is 3.44. The first-order valence-corrected chi connectivity index (χ1v) is 6.28. The van der Waals surface area contributed by atoms with Crippen molar-refractivity contribution in [3.8, 4) is 0 Å². The number of nitrogens with zero attached hydrogens (tertiary/aromatic N) is 2. The van der Waals surface area contributed by atoms with Crippen molar-refractivity contribution in [2.75, 3.05) is 12.0 Å². The van der Waals surface area contributed by atoms with Gasteiger partial charge in [0.15, 0.2) is 0 Å². The van der Waals surface area contributed by atoms with Crippen molar-refractivity contribution in [2.24, 2.45) is 0 Å². The minimum Gasteiger partial charge on any atom is -0.229 e. The zero-order valence-corrected chi connectivity index (χ0v) is 8.57. The van der Waals surface area contributed by atoms with Gasteiger partial charge in [0.25, 0.3) is 0 Å². The molecule has 4 nitrogen and oxygen atoms in total. The first-order chi connectivity index (χ1) is 5.47. The maximum atomic E-state index is 10.8. The van der Waals surface area contributed by atoms with E-state index in [0.29, 0.717) is 12.2 Å². The summed E-state index contributed by atoms with van der Waals surface area (Å²) in [6, 6.07) is 0. The Hall–Kier alpha value is -0.490. The summed E-state index contributed by atoms with van der Waals surface area (Å²) < 4.78 is 25.5. The smallest absolute Gasteiger partial charge is 0.147 e. The molecule has 0 aromatic carbocycles. The SMILES string of the molecule is Cc1nsc(CCS(C)(=O)=O)n1. The van der Waals surface area contributed by atoms with Crippen LogP contribution in [0.2, 0.25) is 0 Å². The number of hydrogen-bond donors (Lipinski definition) is 0. The normalized spacial score (nSPS) is 11.8. The van der Waals surface area contributed by atoms with E-state index < -0.39 is 9.84 Å². The summed E-state index contributed by atoms with van der Waals surface area (Å²) in [5.41, 5.74) is 0. The molecule has 0 amide bonds. The molecule has 0 bridgehead atoms. The summed E-state index contributed by atoms with van der Waals surface area (Å²) in [6.45, 7) is 1.79. The zero-order chi connectivity index (χ0) is 9.19. The molecule has 12 heavy (non-hydrogen) atoms. The molecule has 68 valence electrons. The van der Waals surface area contributed by atoms with Gasteiger partial charge in [-0.2, -0.15) is 4.37 Å². The van der Waals surface area contributed by atoms with Gasteiger partial charge in [-0.05, 0) is 18.5 Å². The molecule has 0 unspecified atom stereocenters. The number of hydrogen-bond acceptors (Lipinski definition) is 5. The standard InChI is InChI=1S/C6H10N2O2S2/c1-5-7-6(11-8-5)3-4-12(2,9)10/h3-4H2,1-2H3. The lowest BCUT2D eigenvalue weighted by molar-refractivity contribution is 0.601. The van der Waals surface area contributed by atoms with Crippen LogP contribution >= 0.6 is 11.5 Å². The lowest BCUT2D eigenvalue weighted by Crippen LogP contribution is -2.05. The van der Waals surface area contributed by atoms with E-state index in [1.807, 2.05) is 0 Å². The molecule has 0 spiro atoms. The molecular formula is C6H10N2O2S2. The van der Waals surface area contributed by atoms with E-state index in [9.17, 15) is 8.42 Å². The van der Waals surface area contributed by atoms with Gasteiger partial charge in [0.1, 0.15) is 20.7 Å². The highest BCUT2D eigenvalue weighted by molar-refractivity contribution is 7.90. The third kappa shape index (κ3) is 3.27. The second kappa shape index (κ2) is 3.49. The van der Waals surface area contributed by atoms with E-state index in [2.05, 4.69) is 9.36 Å². The Morgan fingerprint density at radius 3 is 2.58 bits per heavy atom. The van der Waals surface area contributed by atoms with Crippen molar-refractivity contribution in [3.05, 3.63) is 10.8 Å². The summed E-state index contributed by atoms with van der Waals surface area (Å²) in [6.07, 6.45) is 1.70. The lowest BCUT2D eigenvalue weighted by Gasteiger charge is -1.92. The van der Waals surface area contributed by atoms with Crippen LogP contribution in [0.25, 0.3) is 0 Å². The molecule has 0 saturated heterocycles. The molecule has 1 rings (SSSR count). The summed E-state index contributed by atoms with van der Waals surface area (Å²) in [4.78, 5) is 4.06. The minimum atomic E-state index is -2.87. The average molecular weight is 206 g/mol. The van der Waals surface area contributed by atoms with Gasteiger partial charge >= 0.3 is 0 Å². The van der Waals surface area contributed by atoms with Gasteiger partial charge in [0, 0.05) is 12.7 Å². The number of aryl methyl sites for hydroxylation is 2. The quantitative estimate of drug-likeness (QED) is 0.719. The van der Waals surface area contributed by atoms with Crippen molar-refractivity contribution < 1.29 is 8.42 Å². The van der Waals surface area contributed by atoms with Crippen molar-refractivity contribution >= 4 is 21.4 Å². The minimum absolute atomic E-state index is 0.154. The Morgan fingerprint density at radius 1 is 1.50 bits per heavy atom. The topological polar surface area (TPSA) is 59.9 Å². The fourth-order valence-electron chi connectivity index (χ4n) is 0.714. The second-order valence-electron chi connectivity index (χ2n) is 2.62. The summed E-state index contributed by atoms with van der Waals surface area (Å²) >= 11 is 1.26. The Morgan fingerprint density at radius 2 is 2.17 bits per heavy atom. The molecule has 0 aliphatic carbocycles. The van der Waals surface area contributed by atoms with Crippen LogP contribution in [0.15, 0.2) is 0 Å². The monoisotopic (exact) mass is 206 g/mol. The fraction of sp³-hybridized carbons (Fsp3) is 0.667. The molecule has 0 aliphatic heterocycles. The highest BCUT2D eigenvalue weighted by Gasteiger charge is 2.05. The third-order valence-corrected chi connectivity index (χ3v) is 3.06. The zero-order valence-electron chi connectivity index (χ0n) is 6.94. The number of sulfone groups is 1. The van der Waals surface area contributed by atoms with Gasteiger partial charge in [-0.1, -0.05) is 0 Å². The van der Waals surface area contributed by atoms with Crippen molar-refractivity contribution in [1.29, 1.82) is 0 Å². The summed E-state index contributed by atoms with van der Waals surface area (Å²) in [7, 11) is -2.87. The van der Waals surface area contributed by atoms with Crippen LogP contribution in [0.4, 0.5) is 0 Å². The molecule has 0 fully saturated rings. The van der Waals surface area contributed by atoms with Crippen molar-refractivity contribution in [1.82, 2.24) is 9.36 Å². The van der Waals surface area contributed by atoms with Gasteiger partial charge in [0.05, 0.1) is 5.75 Å². The Bertz CT molecular complexity index is 355. The van der Waals surface area contributed by atoms with Gasteiger partial charge in [-0.3, -0.25) is 0 Å². The largest absolute Gasteiger partial charge is 0.229 e. The van der Waals surface area contributed by atoms with Crippen LogP contribution in [-0.2, 0) is 16.3 Å². The molecule has 0 saturated carbocycles. The maximum absolute atomic E-state index is 10.8. The average Bonchev–Trinajstić information content (AvgIpc) is 2.30. The van der Waals surface area contributed by atoms with Gasteiger partial charge in [0.2, 0.25) is 0 Å². The number of rotatable bonds is 3. The molecule has 0 radical (unpaired) electrons. The van der Waals surface area contributed by atoms with Crippen LogP contribution in [0.1, 0.15) is 10.8 Å². The van der Waals surface area contributed by atoms with E-state index >= 15 is 0 Å². The van der Waals surface area contributed by atoms with E-state index in [1.54, 1.807) is 6.92 Å². The van der Waals surface area contributed by atoms with Crippen molar-refractivity contribution in [3.63, 3.8) is 0 Å². The summed E-state index contributed by atoms with van der Waals surface area (Å²) in [5, 5.41) is 0.790. The van der Waals surface area contributed by atoms with Crippen LogP contribution < -0.4 is 0 Å². The Kier molecular flexibility index (Phi) is 2.79. The van der Waals surface area contributed by atoms with Crippen LogP contribution in [0.3, 0.4) is 0 Å². The lowest BCUT2D eigenvalue weighted by atomic mass is 10.5. The van der Waals surface area contributed by atoms with E-state index in [-0.39, 0.29) is 5.75 Å². The van der Waals surface area contributed by atoms with Gasteiger partial charge in [-0.15, -0.1) is 0 Å². The van der Waals surface area contributed by atoms with Crippen LogP contribution in [-0.4, -0.2) is 29.8 Å². The number of aromatic nitrogens is 2. The van der Waals surface area contributed by atoms with Crippen LogP contribution in [0.5, 0.6) is 0 Å². The molecule has 6 heteroatoms. The Balaban J connectivity index is 2.55. The highest BCUT2D eigenvalue weighted by atomic mass is 32.2. The fourth-order valence-corrected chi connectivity index (χ4v) is 2.05. The summed E-state index contributed by atoms with van der Waals surface area (Å²) in [5.74, 6) is 0.866. The van der Waals surface area contributed by atoms with Gasteiger partial charge in [-0.25, -0.2) is 13.4 Å². The second-order valence-corrected chi connectivity index (χ2v) is 5.71. The predicted octanol–water partition coefficient (Wildman–Crippen LogP) is 0.434. The van der Waals surface area contributed by atoms with E-state index in [0.717, 1.165) is 5.01 Å². The van der Waals surface area contributed by atoms with E-state index in [1.165, 1.54) is 17.8 Å². The third-order valence-electron chi connectivity index (χ3n) is 1.26. The maximum Gasteiger partial charge on any atom is 0.147 e. The molecular weight excluding hydrogens is 196 g/mol. The molecule has 1 heterocycles. The molecule has 1 aromatic heterocycles. The Labute approximate surface area is 75.7 Å². The molecule has 0 atom stereocenters. The van der Waals surface area contributed by atoms with Crippen LogP contribution in [0, 0.1) is 6.92 Å². The highest BCUT2D eigenvalue weighted by Crippen LogP contribution is 2.05. The molecule has 0 N–H and O–H groups in total. The van der Waals surface area contributed by atoms with E-state index in [4.69, 9.17) is 0 Å².